The van der Waals surface area contributed by atoms with Crippen LogP contribution in [0.15, 0.2) is 54.6 Å². The molecular weight excluding hydrogens is 506 g/mol. The van der Waals surface area contributed by atoms with Crippen LogP contribution in [0.5, 0.6) is 5.75 Å². The first-order valence-electron chi connectivity index (χ1n) is 12.4. The number of rotatable bonds is 14. The topological polar surface area (TPSA) is 214 Å². The number of carboxylic acid groups (broad SMARTS) is 1. The number of carbonyl (C=O) groups excluding carboxylic acids is 4. The van der Waals surface area contributed by atoms with E-state index in [2.05, 4.69) is 16.0 Å². The van der Waals surface area contributed by atoms with Gasteiger partial charge in [0.05, 0.1) is 12.5 Å². The van der Waals surface area contributed by atoms with Gasteiger partial charge in [-0.25, -0.2) is 4.79 Å². The summed E-state index contributed by atoms with van der Waals surface area (Å²) in [6.45, 7) is 3.18. The van der Waals surface area contributed by atoms with Gasteiger partial charge < -0.3 is 37.6 Å². The Morgan fingerprint density at radius 2 is 1.31 bits per heavy atom. The quantitative estimate of drug-likeness (QED) is 0.166. The summed E-state index contributed by atoms with van der Waals surface area (Å²) in [4.78, 5) is 62.3. The number of carboxylic acids is 1. The lowest BCUT2D eigenvalue weighted by atomic mass is 10.0. The van der Waals surface area contributed by atoms with E-state index in [9.17, 15) is 34.2 Å². The zero-order valence-corrected chi connectivity index (χ0v) is 21.8. The molecule has 0 aliphatic rings. The SMILES string of the molecule is CC(C)C(NC(=O)C(CC(N)=O)NC(=O)C(Cc1ccccc1)NC(=O)C(N)Cc1ccc(O)cc1)C(=O)O. The van der Waals surface area contributed by atoms with Crippen molar-refractivity contribution in [1.29, 1.82) is 0 Å². The van der Waals surface area contributed by atoms with Crippen LogP contribution >= 0.6 is 0 Å². The summed E-state index contributed by atoms with van der Waals surface area (Å²) in [7, 11) is 0. The number of amides is 4. The van der Waals surface area contributed by atoms with E-state index in [1.807, 2.05) is 0 Å². The van der Waals surface area contributed by atoms with Gasteiger partial charge in [0, 0.05) is 6.42 Å². The standard InChI is InChI=1S/C27H35N5O7/c1-15(2)23(27(38)39)32-26(37)21(14-22(29)34)31-25(36)20(13-16-6-4-3-5-7-16)30-24(35)19(28)12-17-8-10-18(33)11-9-17/h3-11,15,19-21,23,33H,12-14,28H2,1-2H3,(H2,29,34)(H,30,35)(H,31,36)(H,32,37)(H,38,39). The van der Waals surface area contributed by atoms with Crippen molar-refractivity contribution in [3.63, 3.8) is 0 Å². The Hall–Kier alpha value is -4.45. The van der Waals surface area contributed by atoms with Gasteiger partial charge in [0.15, 0.2) is 0 Å². The largest absolute Gasteiger partial charge is 0.508 e. The third-order valence-electron chi connectivity index (χ3n) is 5.91. The molecule has 0 bridgehead atoms. The molecular formula is C27H35N5O7. The minimum absolute atomic E-state index is 0.0407. The Labute approximate surface area is 226 Å². The average molecular weight is 542 g/mol. The molecule has 4 amide bonds. The predicted octanol–water partition coefficient (Wildman–Crippen LogP) is -0.425. The van der Waals surface area contributed by atoms with Crippen LogP contribution in [0.4, 0.5) is 0 Å². The number of carbonyl (C=O) groups is 5. The molecule has 2 aromatic rings. The summed E-state index contributed by atoms with van der Waals surface area (Å²) in [6, 6.07) is 9.98. The smallest absolute Gasteiger partial charge is 0.326 e. The second-order valence-electron chi connectivity index (χ2n) is 9.53. The van der Waals surface area contributed by atoms with Gasteiger partial charge in [-0.15, -0.1) is 0 Å². The van der Waals surface area contributed by atoms with E-state index < -0.39 is 66.1 Å². The maximum atomic E-state index is 13.3. The second-order valence-corrected chi connectivity index (χ2v) is 9.53. The van der Waals surface area contributed by atoms with Crippen molar-refractivity contribution in [2.24, 2.45) is 17.4 Å². The molecule has 12 nitrogen and oxygen atoms in total. The van der Waals surface area contributed by atoms with E-state index in [1.165, 1.54) is 12.1 Å². The number of nitrogens with two attached hydrogens (primary N) is 2. The zero-order valence-electron chi connectivity index (χ0n) is 21.8. The molecule has 39 heavy (non-hydrogen) atoms. The third kappa shape index (κ3) is 10.1. The minimum atomic E-state index is -1.48. The first-order chi connectivity index (χ1) is 18.4. The number of benzene rings is 2. The lowest BCUT2D eigenvalue weighted by Crippen LogP contribution is -2.58. The van der Waals surface area contributed by atoms with E-state index in [0.29, 0.717) is 11.1 Å². The molecule has 4 atom stereocenters. The number of nitrogens with one attached hydrogen (secondary N) is 3. The molecule has 0 radical (unpaired) electrons. The average Bonchev–Trinajstić information content (AvgIpc) is 2.87. The summed E-state index contributed by atoms with van der Waals surface area (Å²) in [6.07, 6.45) is -0.419. The lowest BCUT2D eigenvalue weighted by Gasteiger charge is -2.25. The molecule has 2 rings (SSSR count). The summed E-state index contributed by atoms with van der Waals surface area (Å²) in [5, 5.41) is 26.2. The minimum Gasteiger partial charge on any atom is -0.508 e. The van der Waals surface area contributed by atoms with Crippen molar-refractivity contribution < 1.29 is 34.2 Å². The van der Waals surface area contributed by atoms with Crippen LogP contribution in [0.3, 0.4) is 0 Å². The highest BCUT2D eigenvalue weighted by atomic mass is 16.4. The molecule has 0 saturated heterocycles. The summed E-state index contributed by atoms with van der Waals surface area (Å²) >= 11 is 0. The highest BCUT2D eigenvalue weighted by molar-refractivity contribution is 5.96. The van der Waals surface area contributed by atoms with Gasteiger partial charge in [-0.1, -0.05) is 56.3 Å². The number of aliphatic carboxylic acids is 1. The van der Waals surface area contributed by atoms with Crippen molar-refractivity contribution in [1.82, 2.24) is 16.0 Å². The number of aromatic hydroxyl groups is 1. The van der Waals surface area contributed by atoms with E-state index in [1.54, 1.807) is 56.3 Å². The maximum absolute atomic E-state index is 13.3. The van der Waals surface area contributed by atoms with Crippen LogP contribution in [0, 0.1) is 5.92 Å². The Morgan fingerprint density at radius 3 is 1.85 bits per heavy atom. The fraction of sp³-hybridized carbons (Fsp3) is 0.370. The zero-order chi connectivity index (χ0) is 29.1. The predicted molar refractivity (Wildman–Crippen MR) is 142 cm³/mol. The molecule has 9 N–H and O–H groups in total. The lowest BCUT2D eigenvalue weighted by molar-refractivity contribution is -0.143. The van der Waals surface area contributed by atoms with E-state index >= 15 is 0 Å². The molecule has 0 fully saturated rings. The number of phenols is 1. The molecule has 12 heteroatoms. The molecule has 2 aromatic carbocycles. The Morgan fingerprint density at radius 1 is 0.769 bits per heavy atom. The maximum Gasteiger partial charge on any atom is 0.326 e. The third-order valence-corrected chi connectivity index (χ3v) is 5.91. The van der Waals surface area contributed by atoms with Gasteiger partial charge in [0.25, 0.3) is 0 Å². The summed E-state index contributed by atoms with van der Waals surface area (Å²) in [5.74, 6) is -4.92. The Kier molecular flexibility index (Phi) is 11.4. The van der Waals surface area contributed by atoms with Crippen molar-refractivity contribution in [2.45, 2.75) is 57.3 Å². The number of phenolic OH excluding ortho intramolecular Hbond substituents is 1. The Balaban J connectivity index is 2.22. The van der Waals surface area contributed by atoms with E-state index in [4.69, 9.17) is 11.5 Å². The van der Waals surface area contributed by atoms with Gasteiger partial charge >= 0.3 is 5.97 Å². The van der Waals surface area contributed by atoms with Crippen molar-refractivity contribution in [3.05, 3.63) is 65.7 Å². The van der Waals surface area contributed by atoms with Gasteiger partial charge in [-0.2, -0.15) is 0 Å². The first-order valence-corrected chi connectivity index (χ1v) is 12.4. The number of hydrogen-bond donors (Lipinski definition) is 7. The summed E-state index contributed by atoms with van der Waals surface area (Å²) < 4.78 is 0. The Bertz CT molecular complexity index is 1150. The highest BCUT2D eigenvalue weighted by Crippen LogP contribution is 2.12. The van der Waals surface area contributed by atoms with Crippen LogP contribution in [0.2, 0.25) is 0 Å². The van der Waals surface area contributed by atoms with Gasteiger partial charge in [0.1, 0.15) is 23.9 Å². The molecule has 0 aliphatic carbocycles. The van der Waals surface area contributed by atoms with E-state index in [-0.39, 0.29) is 18.6 Å². The van der Waals surface area contributed by atoms with E-state index in [0.717, 1.165) is 0 Å². The van der Waals surface area contributed by atoms with Gasteiger partial charge in [0.2, 0.25) is 23.6 Å². The second kappa shape index (κ2) is 14.5. The fourth-order valence-electron chi connectivity index (χ4n) is 3.77. The molecule has 210 valence electrons. The molecule has 0 aromatic heterocycles. The van der Waals surface area contributed by atoms with Crippen molar-refractivity contribution in [3.8, 4) is 5.75 Å². The van der Waals surface area contributed by atoms with Gasteiger partial charge in [-0.3, -0.25) is 19.2 Å². The first kappa shape index (κ1) is 30.8. The normalized spacial score (nSPS) is 13.9. The molecule has 0 heterocycles. The van der Waals surface area contributed by atoms with Crippen LogP contribution < -0.4 is 27.4 Å². The van der Waals surface area contributed by atoms with Crippen LogP contribution in [0.1, 0.15) is 31.4 Å². The molecule has 0 saturated carbocycles. The van der Waals surface area contributed by atoms with Crippen LogP contribution in [-0.2, 0) is 36.8 Å². The number of hydrogen-bond acceptors (Lipinski definition) is 7. The molecule has 0 aliphatic heterocycles. The monoisotopic (exact) mass is 541 g/mol. The molecule has 4 unspecified atom stereocenters. The molecule has 0 spiro atoms. The van der Waals surface area contributed by atoms with Crippen molar-refractivity contribution >= 4 is 29.6 Å². The van der Waals surface area contributed by atoms with Crippen molar-refractivity contribution in [2.75, 3.05) is 0 Å². The van der Waals surface area contributed by atoms with Crippen LogP contribution in [0.25, 0.3) is 0 Å². The fourth-order valence-corrected chi connectivity index (χ4v) is 3.77. The summed E-state index contributed by atoms with van der Waals surface area (Å²) in [5.41, 5.74) is 12.7. The van der Waals surface area contributed by atoms with Crippen LogP contribution in [-0.4, -0.2) is 64.0 Å². The highest BCUT2D eigenvalue weighted by Gasteiger charge is 2.32. The van der Waals surface area contributed by atoms with Gasteiger partial charge in [-0.05, 0) is 35.6 Å². The number of primary amides is 1.